The molecule has 0 aliphatic rings. The summed E-state index contributed by atoms with van der Waals surface area (Å²) in [5.74, 6) is -3.43. The van der Waals surface area contributed by atoms with Crippen LogP contribution >= 0.6 is 0 Å². The third kappa shape index (κ3) is 3.41. The Morgan fingerprint density at radius 1 is 1.04 bits per heavy atom. The Morgan fingerprint density at radius 3 is 2.46 bits per heavy atom. The molecule has 26 heavy (non-hydrogen) atoms. The molecule has 0 aliphatic heterocycles. The molecule has 134 valence electrons. The van der Waals surface area contributed by atoms with E-state index >= 15 is 0 Å². The van der Waals surface area contributed by atoms with Crippen molar-refractivity contribution in [1.82, 2.24) is 19.9 Å². The first-order valence-corrected chi connectivity index (χ1v) is 7.80. The third-order valence-corrected chi connectivity index (χ3v) is 4.31. The van der Waals surface area contributed by atoms with Gasteiger partial charge in [0.25, 0.3) is 0 Å². The summed E-state index contributed by atoms with van der Waals surface area (Å²) in [6.07, 6.45) is 4.71. The topological polar surface area (TPSA) is 71.8 Å². The van der Waals surface area contributed by atoms with Crippen molar-refractivity contribution in [3.8, 4) is 0 Å². The third-order valence-electron chi connectivity index (χ3n) is 4.31. The van der Waals surface area contributed by atoms with Crippen LogP contribution in [0.25, 0.3) is 0 Å². The molecule has 0 saturated carbocycles. The maximum atomic E-state index is 14.5. The highest BCUT2D eigenvalue weighted by Crippen LogP contribution is 2.40. The van der Waals surface area contributed by atoms with E-state index in [1.54, 1.807) is 6.07 Å². The van der Waals surface area contributed by atoms with Crippen LogP contribution in [0.3, 0.4) is 0 Å². The Morgan fingerprint density at radius 2 is 1.81 bits per heavy atom. The number of aromatic nitrogens is 4. The number of hydrogen-bond donors (Lipinski definition) is 1. The van der Waals surface area contributed by atoms with E-state index in [1.165, 1.54) is 19.4 Å². The van der Waals surface area contributed by atoms with Crippen LogP contribution in [0, 0.1) is 17.5 Å². The first-order valence-electron chi connectivity index (χ1n) is 7.80. The van der Waals surface area contributed by atoms with Crippen LogP contribution < -0.4 is 0 Å². The van der Waals surface area contributed by atoms with Gasteiger partial charge in [-0.3, -0.25) is 0 Å². The van der Waals surface area contributed by atoms with E-state index in [2.05, 4.69) is 19.9 Å². The summed E-state index contributed by atoms with van der Waals surface area (Å²) in [7, 11) is 0. The quantitative estimate of drug-likeness (QED) is 0.757. The number of benzene rings is 1. The van der Waals surface area contributed by atoms with Gasteiger partial charge in [0.05, 0.1) is 11.9 Å². The molecule has 8 heteroatoms. The van der Waals surface area contributed by atoms with E-state index in [-0.39, 0.29) is 17.7 Å². The van der Waals surface area contributed by atoms with Crippen molar-refractivity contribution >= 4 is 0 Å². The highest BCUT2D eigenvalue weighted by Gasteiger charge is 2.41. The van der Waals surface area contributed by atoms with E-state index in [1.807, 2.05) is 0 Å². The molecular weight excluding hydrogens is 345 g/mol. The molecule has 1 aromatic carbocycles. The molecule has 5 nitrogen and oxygen atoms in total. The van der Waals surface area contributed by atoms with Crippen molar-refractivity contribution in [2.45, 2.75) is 24.9 Å². The lowest BCUT2D eigenvalue weighted by atomic mass is 9.76. The summed E-state index contributed by atoms with van der Waals surface area (Å²) in [4.78, 5) is 15.3. The Labute approximate surface area is 147 Å². The highest BCUT2D eigenvalue weighted by atomic mass is 19.1. The predicted octanol–water partition coefficient (Wildman–Crippen LogP) is 2.92. The Balaban J connectivity index is 2.13. The van der Waals surface area contributed by atoms with Crippen molar-refractivity contribution in [2.24, 2.45) is 0 Å². The molecule has 0 saturated heterocycles. The molecule has 3 rings (SSSR count). The van der Waals surface area contributed by atoms with Gasteiger partial charge in [0.15, 0.2) is 5.82 Å². The first-order chi connectivity index (χ1) is 12.4. The molecular formula is C18H15F3N4O. The highest BCUT2D eigenvalue weighted by molar-refractivity contribution is 5.31. The van der Waals surface area contributed by atoms with Crippen LogP contribution in [-0.4, -0.2) is 25.0 Å². The zero-order valence-electron chi connectivity index (χ0n) is 13.8. The van der Waals surface area contributed by atoms with Crippen molar-refractivity contribution in [3.63, 3.8) is 0 Å². The average Bonchev–Trinajstić information content (AvgIpc) is 2.62. The molecule has 2 atom stereocenters. The summed E-state index contributed by atoms with van der Waals surface area (Å²) in [5.41, 5.74) is -1.78. The van der Waals surface area contributed by atoms with Gasteiger partial charge in [-0.1, -0.05) is 13.0 Å². The fourth-order valence-electron chi connectivity index (χ4n) is 2.89. The number of rotatable bonds is 5. The summed E-state index contributed by atoms with van der Waals surface area (Å²) in [6, 6.07) is 4.40. The summed E-state index contributed by atoms with van der Waals surface area (Å²) < 4.78 is 42.0. The van der Waals surface area contributed by atoms with Crippen LogP contribution in [0.15, 0.2) is 49.3 Å². The molecule has 2 heterocycles. The lowest BCUT2D eigenvalue weighted by molar-refractivity contribution is 0.00590. The number of halogens is 3. The lowest BCUT2D eigenvalue weighted by Gasteiger charge is -2.34. The van der Waals surface area contributed by atoms with Gasteiger partial charge in [-0.15, -0.1) is 0 Å². The molecule has 0 fully saturated rings. The van der Waals surface area contributed by atoms with E-state index in [9.17, 15) is 18.3 Å². The van der Waals surface area contributed by atoms with E-state index in [0.717, 1.165) is 24.7 Å². The average molecular weight is 360 g/mol. The van der Waals surface area contributed by atoms with E-state index in [0.29, 0.717) is 11.8 Å². The zero-order valence-corrected chi connectivity index (χ0v) is 13.8. The molecule has 1 N–H and O–H groups in total. The summed E-state index contributed by atoms with van der Waals surface area (Å²) in [5, 5.41) is 11.4. The van der Waals surface area contributed by atoms with E-state index < -0.39 is 29.0 Å². The van der Waals surface area contributed by atoms with Gasteiger partial charge in [-0.25, -0.2) is 33.1 Å². The van der Waals surface area contributed by atoms with Gasteiger partial charge in [-0.2, -0.15) is 0 Å². The maximum Gasteiger partial charge on any atom is 0.163 e. The van der Waals surface area contributed by atoms with Gasteiger partial charge in [0, 0.05) is 35.9 Å². The molecule has 3 aromatic rings. The zero-order chi connectivity index (χ0) is 18.7. The van der Waals surface area contributed by atoms with E-state index in [4.69, 9.17) is 0 Å². The standard InChI is InChI=1S/C18H15F3N4O/c1-11(17-16(21)8-23-10-25-17)18(26,7-13-4-5-22-9-24-13)14-3-2-12(19)6-15(14)20/h2-6,8-11,26H,7H2,1H3/t11-,18+/m0/s1. The van der Waals surface area contributed by atoms with Crippen molar-refractivity contribution in [3.05, 3.63) is 83.7 Å². The van der Waals surface area contributed by atoms with Crippen molar-refractivity contribution in [2.75, 3.05) is 0 Å². The molecule has 0 amide bonds. The second-order valence-corrected chi connectivity index (χ2v) is 5.90. The fourth-order valence-corrected chi connectivity index (χ4v) is 2.89. The minimum Gasteiger partial charge on any atom is -0.384 e. The second-order valence-electron chi connectivity index (χ2n) is 5.90. The van der Waals surface area contributed by atoms with Gasteiger partial charge < -0.3 is 5.11 Å². The SMILES string of the molecule is C[C@@H](c1ncncc1F)[C@](O)(Cc1ccncn1)c1ccc(F)cc1F. The van der Waals surface area contributed by atoms with Gasteiger partial charge in [0.1, 0.15) is 29.9 Å². The Bertz CT molecular complexity index is 910. The van der Waals surface area contributed by atoms with Crippen molar-refractivity contribution < 1.29 is 18.3 Å². The minimum absolute atomic E-state index is 0.0831. The van der Waals surface area contributed by atoms with Gasteiger partial charge >= 0.3 is 0 Å². The van der Waals surface area contributed by atoms with Crippen LogP contribution in [0.1, 0.15) is 29.8 Å². The monoisotopic (exact) mass is 360 g/mol. The molecule has 0 radical (unpaired) electrons. The summed E-state index contributed by atoms with van der Waals surface area (Å²) in [6.45, 7) is 1.51. The Hall–Kier alpha value is -2.87. The maximum absolute atomic E-state index is 14.5. The normalized spacial score (nSPS) is 14.7. The van der Waals surface area contributed by atoms with Crippen molar-refractivity contribution in [1.29, 1.82) is 0 Å². The Kier molecular flexibility index (Phi) is 4.94. The van der Waals surface area contributed by atoms with Crippen LogP contribution in [0.4, 0.5) is 13.2 Å². The van der Waals surface area contributed by atoms with Crippen LogP contribution in [0.2, 0.25) is 0 Å². The van der Waals surface area contributed by atoms with Crippen LogP contribution in [0.5, 0.6) is 0 Å². The first kappa shape index (κ1) is 17.9. The predicted molar refractivity (Wildman–Crippen MR) is 86.4 cm³/mol. The lowest BCUT2D eigenvalue weighted by Crippen LogP contribution is -2.37. The number of aliphatic hydroxyl groups is 1. The molecule has 0 aliphatic carbocycles. The fraction of sp³-hybridized carbons (Fsp3) is 0.222. The second kappa shape index (κ2) is 7.17. The van der Waals surface area contributed by atoms with Crippen LogP contribution in [-0.2, 0) is 12.0 Å². The molecule has 2 aromatic heterocycles. The number of nitrogens with zero attached hydrogens (tertiary/aromatic N) is 4. The largest absolute Gasteiger partial charge is 0.384 e. The molecule has 0 spiro atoms. The van der Waals surface area contributed by atoms with Gasteiger partial charge in [-0.05, 0) is 12.1 Å². The molecule has 0 bridgehead atoms. The number of hydrogen-bond acceptors (Lipinski definition) is 5. The van der Waals surface area contributed by atoms with Gasteiger partial charge in [0.2, 0.25) is 0 Å². The minimum atomic E-state index is -1.93. The summed E-state index contributed by atoms with van der Waals surface area (Å²) >= 11 is 0. The smallest absolute Gasteiger partial charge is 0.163 e. The molecule has 0 unspecified atom stereocenters.